The zero-order valence-corrected chi connectivity index (χ0v) is 10.2. The Kier molecular flexibility index (Phi) is 3.52. The Hall–Kier alpha value is -1.58. The maximum atomic E-state index is 11.0. The molecule has 0 saturated carbocycles. The molecule has 0 spiro atoms. The van der Waals surface area contributed by atoms with E-state index in [2.05, 4.69) is 25.8 Å². The number of rotatable bonds is 3. The molecular weight excluding hydrogens is 204 g/mol. The van der Waals surface area contributed by atoms with Crippen LogP contribution in [0.4, 0.5) is 5.69 Å². The number of hydrogen-bond donors (Lipinski definition) is 1. The van der Waals surface area contributed by atoms with Crippen LogP contribution in [-0.2, 0) is 0 Å². The lowest BCUT2D eigenvalue weighted by molar-refractivity contribution is 0.0697. The summed E-state index contributed by atoms with van der Waals surface area (Å²) in [6, 6.07) is 1.73. The summed E-state index contributed by atoms with van der Waals surface area (Å²) < 4.78 is 0. The van der Waals surface area contributed by atoms with Crippen LogP contribution in [0.5, 0.6) is 0 Å². The van der Waals surface area contributed by atoms with E-state index in [4.69, 9.17) is 5.11 Å². The third-order valence-corrected chi connectivity index (χ3v) is 2.15. The van der Waals surface area contributed by atoms with Gasteiger partial charge >= 0.3 is 5.97 Å². The number of carboxylic acid groups (broad SMARTS) is 1. The Morgan fingerprint density at radius 3 is 2.62 bits per heavy atom. The summed E-state index contributed by atoms with van der Waals surface area (Å²) in [6.45, 7) is 7.14. The molecule has 1 rings (SSSR count). The fourth-order valence-corrected chi connectivity index (χ4v) is 1.68. The number of aromatic carboxylic acids is 1. The molecule has 0 atom stereocenters. The second-order valence-corrected chi connectivity index (χ2v) is 5.11. The quantitative estimate of drug-likeness (QED) is 0.852. The molecule has 1 N–H and O–H groups in total. The van der Waals surface area contributed by atoms with E-state index in [1.54, 1.807) is 12.3 Å². The highest BCUT2D eigenvalue weighted by Crippen LogP contribution is 2.22. The molecule has 1 aromatic heterocycles. The Morgan fingerprint density at radius 1 is 1.50 bits per heavy atom. The van der Waals surface area contributed by atoms with E-state index in [1.807, 2.05) is 11.9 Å². The molecule has 0 radical (unpaired) electrons. The second-order valence-electron chi connectivity index (χ2n) is 5.11. The second kappa shape index (κ2) is 4.51. The van der Waals surface area contributed by atoms with Crippen LogP contribution in [0.15, 0.2) is 18.5 Å². The van der Waals surface area contributed by atoms with E-state index < -0.39 is 5.97 Å². The molecule has 0 bridgehead atoms. The highest BCUT2D eigenvalue weighted by Gasteiger charge is 2.18. The first kappa shape index (κ1) is 12.5. The van der Waals surface area contributed by atoms with Crippen molar-refractivity contribution in [3.63, 3.8) is 0 Å². The summed E-state index contributed by atoms with van der Waals surface area (Å²) in [6.07, 6.45) is 3.00. The van der Waals surface area contributed by atoms with Crippen molar-refractivity contribution < 1.29 is 9.90 Å². The molecule has 0 aliphatic heterocycles. The van der Waals surface area contributed by atoms with Crippen LogP contribution in [-0.4, -0.2) is 29.7 Å². The van der Waals surface area contributed by atoms with Gasteiger partial charge in [-0.15, -0.1) is 0 Å². The van der Waals surface area contributed by atoms with Gasteiger partial charge in [0.05, 0.1) is 5.69 Å². The molecule has 0 amide bonds. The van der Waals surface area contributed by atoms with Crippen LogP contribution in [0.2, 0.25) is 0 Å². The molecule has 16 heavy (non-hydrogen) atoms. The van der Waals surface area contributed by atoms with Gasteiger partial charge < -0.3 is 10.0 Å². The molecule has 0 unspecified atom stereocenters. The van der Waals surface area contributed by atoms with Crippen molar-refractivity contribution in [2.45, 2.75) is 20.8 Å². The predicted octanol–water partition coefficient (Wildman–Crippen LogP) is 2.26. The van der Waals surface area contributed by atoms with E-state index in [9.17, 15) is 4.79 Å². The number of anilines is 1. The lowest BCUT2D eigenvalue weighted by Crippen LogP contribution is -2.30. The molecule has 4 nitrogen and oxygen atoms in total. The van der Waals surface area contributed by atoms with Gasteiger partial charge in [0.25, 0.3) is 0 Å². The SMILES string of the molecule is CN(CC(C)(C)C)c1ccncc1C(=O)O. The van der Waals surface area contributed by atoms with Gasteiger partial charge in [0, 0.05) is 26.0 Å². The third-order valence-electron chi connectivity index (χ3n) is 2.15. The van der Waals surface area contributed by atoms with Gasteiger partial charge in [-0.05, 0) is 11.5 Å². The molecule has 1 aromatic rings. The molecule has 88 valence electrons. The Balaban J connectivity index is 2.99. The van der Waals surface area contributed by atoms with Crippen molar-refractivity contribution in [3.8, 4) is 0 Å². The Bertz CT molecular complexity index is 383. The number of carbonyl (C=O) groups is 1. The Morgan fingerprint density at radius 2 is 2.12 bits per heavy atom. The fraction of sp³-hybridized carbons (Fsp3) is 0.500. The number of carboxylic acids is 1. The van der Waals surface area contributed by atoms with E-state index in [1.165, 1.54) is 6.20 Å². The minimum absolute atomic E-state index is 0.119. The van der Waals surface area contributed by atoms with Crippen molar-refractivity contribution in [2.75, 3.05) is 18.5 Å². The van der Waals surface area contributed by atoms with Gasteiger partial charge in [0.15, 0.2) is 0 Å². The molecule has 0 saturated heterocycles. The van der Waals surface area contributed by atoms with Gasteiger partial charge in [-0.25, -0.2) is 4.79 Å². The van der Waals surface area contributed by atoms with E-state index in [0.29, 0.717) is 5.69 Å². The fourth-order valence-electron chi connectivity index (χ4n) is 1.68. The monoisotopic (exact) mass is 222 g/mol. The van der Waals surface area contributed by atoms with E-state index in [0.717, 1.165) is 6.54 Å². The Labute approximate surface area is 95.9 Å². The van der Waals surface area contributed by atoms with Gasteiger partial charge in [0.2, 0.25) is 0 Å². The summed E-state index contributed by atoms with van der Waals surface area (Å²) >= 11 is 0. The van der Waals surface area contributed by atoms with Gasteiger partial charge in [0.1, 0.15) is 5.56 Å². The van der Waals surface area contributed by atoms with Crippen molar-refractivity contribution in [2.24, 2.45) is 5.41 Å². The zero-order valence-electron chi connectivity index (χ0n) is 10.2. The molecule has 0 fully saturated rings. The molecule has 0 aliphatic rings. The van der Waals surface area contributed by atoms with Crippen molar-refractivity contribution in [3.05, 3.63) is 24.0 Å². The van der Waals surface area contributed by atoms with Crippen molar-refractivity contribution in [1.29, 1.82) is 0 Å². The molecule has 4 heteroatoms. The maximum absolute atomic E-state index is 11.0. The van der Waals surface area contributed by atoms with Crippen molar-refractivity contribution >= 4 is 11.7 Å². The standard InChI is InChI=1S/C12H18N2O2/c1-12(2,3)8-14(4)10-5-6-13-7-9(10)11(15)16/h5-7H,8H2,1-4H3,(H,15,16). The molecule has 0 aromatic carbocycles. The summed E-state index contributed by atoms with van der Waals surface area (Å²) in [4.78, 5) is 16.8. The molecule has 1 heterocycles. The number of pyridine rings is 1. The lowest BCUT2D eigenvalue weighted by atomic mass is 9.96. The first-order valence-electron chi connectivity index (χ1n) is 5.20. The minimum Gasteiger partial charge on any atom is -0.478 e. The first-order chi connectivity index (χ1) is 7.31. The molecular formula is C12H18N2O2. The smallest absolute Gasteiger partial charge is 0.339 e. The number of nitrogens with zero attached hydrogens (tertiary/aromatic N) is 2. The van der Waals surface area contributed by atoms with Crippen LogP contribution >= 0.6 is 0 Å². The van der Waals surface area contributed by atoms with Crippen LogP contribution in [0.1, 0.15) is 31.1 Å². The van der Waals surface area contributed by atoms with Crippen LogP contribution in [0.3, 0.4) is 0 Å². The highest BCUT2D eigenvalue weighted by atomic mass is 16.4. The average Bonchev–Trinajstić information content (AvgIpc) is 2.15. The van der Waals surface area contributed by atoms with Gasteiger partial charge in [-0.1, -0.05) is 20.8 Å². The van der Waals surface area contributed by atoms with Crippen molar-refractivity contribution in [1.82, 2.24) is 4.98 Å². The third kappa shape index (κ3) is 3.22. The first-order valence-corrected chi connectivity index (χ1v) is 5.20. The largest absolute Gasteiger partial charge is 0.478 e. The number of aromatic nitrogens is 1. The van der Waals surface area contributed by atoms with Gasteiger partial charge in [-0.2, -0.15) is 0 Å². The van der Waals surface area contributed by atoms with Crippen LogP contribution < -0.4 is 4.90 Å². The summed E-state index contributed by atoms with van der Waals surface area (Å²) in [5.74, 6) is -0.941. The minimum atomic E-state index is -0.941. The summed E-state index contributed by atoms with van der Waals surface area (Å²) in [5.41, 5.74) is 1.07. The van der Waals surface area contributed by atoms with Crippen LogP contribution in [0, 0.1) is 5.41 Å². The van der Waals surface area contributed by atoms with Crippen LogP contribution in [0.25, 0.3) is 0 Å². The zero-order chi connectivity index (χ0) is 12.3. The predicted molar refractivity (Wildman–Crippen MR) is 63.9 cm³/mol. The summed E-state index contributed by atoms with van der Waals surface area (Å²) in [7, 11) is 1.90. The topological polar surface area (TPSA) is 53.4 Å². The maximum Gasteiger partial charge on any atom is 0.339 e. The lowest BCUT2D eigenvalue weighted by Gasteiger charge is -2.28. The normalized spacial score (nSPS) is 11.2. The van der Waals surface area contributed by atoms with E-state index >= 15 is 0 Å². The van der Waals surface area contributed by atoms with E-state index in [-0.39, 0.29) is 11.0 Å². The summed E-state index contributed by atoms with van der Waals surface area (Å²) in [5, 5.41) is 9.05. The van der Waals surface area contributed by atoms with Gasteiger partial charge in [-0.3, -0.25) is 4.98 Å². The highest BCUT2D eigenvalue weighted by molar-refractivity contribution is 5.93. The molecule has 0 aliphatic carbocycles. The average molecular weight is 222 g/mol. The number of hydrogen-bond acceptors (Lipinski definition) is 3.